The molecule has 0 bridgehead atoms. The van der Waals surface area contributed by atoms with Crippen molar-refractivity contribution in [2.45, 2.75) is 118 Å². The monoisotopic (exact) mass is 1120 g/mol. The van der Waals surface area contributed by atoms with Crippen molar-refractivity contribution in [2.24, 2.45) is 0 Å². The van der Waals surface area contributed by atoms with E-state index in [2.05, 4.69) is 119 Å². The molecule has 2 heterocycles. The normalized spacial score (nSPS) is 13.9. The number of pyridine rings is 1. The van der Waals surface area contributed by atoms with Crippen LogP contribution in [0.4, 0.5) is 0 Å². The summed E-state index contributed by atoms with van der Waals surface area (Å²) in [5, 5.41) is 12.8. The first-order chi connectivity index (χ1) is 35.4. The summed E-state index contributed by atoms with van der Waals surface area (Å²) in [5.41, 5.74) is 13.6. The smallest absolute Gasteiger partial charge is 0.148 e. The van der Waals surface area contributed by atoms with E-state index >= 15 is 0 Å². The summed E-state index contributed by atoms with van der Waals surface area (Å²) in [6, 6.07) is 51.2. The number of phenols is 1. The minimum absolute atomic E-state index is 0. The molecule has 0 saturated carbocycles. The van der Waals surface area contributed by atoms with Gasteiger partial charge in [0.15, 0.2) is 0 Å². The zero-order valence-electron chi connectivity index (χ0n) is 49.0. The van der Waals surface area contributed by atoms with Crippen LogP contribution in [0, 0.1) is 19.8 Å². The molecule has 5 heteroatoms. The van der Waals surface area contributed by atoms with Crippen molar-refractivity contribution in [3.05, 3.63) is 191 Å². The molecule has 0 amide bonds. The molecule has 0 aliphatic carbocycles. The van der Waals surface area contributed by atoms with Gasteiger partial charge in [0.05, 0.1) is 22.3 Å². The maximum absolute atomic E-state index is 12.8. The third-order valence-electron chi connectivity index (χ3n) is 13.5. The van der Waals surface area contributed by atoms with Gasteiger partial charge in [-0.15, -0.1) is 29.3 Å². The number of benzene rings is 7. The van der Waals surface area contributed by atoms with Crippen LogP contribution in [0.2, 0.25) is 0 Å². The van der Waals surface area contributed by atoms with Crippen LogP contribution in [0.15, 0.2) is 152 Å². The first kappa shape index (κ1) is 43.4. The van der Waals surface area contributed by atoms with Crippen molar-refractivity contribution in [3.8, 4) is 78.6 Å². The molecule has 0 aliphatic heterocycles. The Kier molecular flexibility index (Phi) is 11.6. The van der Waals surface area contributed by atoms with E-state index in [-0.39, 0.29) is 54.2 Å². The molecule has 0 atom stereocenters. The molecule has 0 radical (unpaired) electrons. The Morgan fingerprint density at radius 1 is 0.507 bits per heavy atom. The van der Waals surface area contributed by atoms with Gasteiger partial charge in [-0.25, -0.2) is 4.98 Å². The van der Waals surface area contributed by atoms with E-state index in [0.29, 0.717) is 39.4 Å². The van der Waals surface area contributed by atoms with Gasteiger partial charge < -0.3 is 5.11 Å². The Labute approximate surface area is 446 Å². The van der Waals surface area contributed by atoms with E-state index < -0.39 is 19.1 Å². The number of imidazole rings is 1. The molecule has 9 rings (SSSR count). The van der Waals surface area contributed by atoms with E-state index in [4.69, 9.17) is 18.2 Å². The second kappa shape index (κ2) is 19.0. The molecule has 9 aromatic rings. The number of hydrogen-bond donors (Lipinski definition) is 1. The van der Waals surface area contributed by atoms with Gasteiger partial charge in [0, 0.05) is 52.3 Å². The van der Waals surface area contributed by atoms with Gasteiger partial charge in [0.25, 0.3) is 0 Å². The summed E-state index contributed by atoms with van der Waals surface area (Å²) in [7, 11) is 0. The average molecular weight is 1120 g/mol. The third-order valence-corrected chi connectivity index (χ3v) is 13.5. The number of aromatic hydroxyl groups is 1. The van der Waals surface area contributed by atoms with Gasteiger partial charge in [-0.2, -0.15) is 0 Å². The van der Waals surface area contributed by atoms with Gasteiger partial charge in [-0.05, 0) is 110 Å². The number of aromatic nitrogens is 3. The molecule has 0 aliphatic rings. The number of para-hydroxylation sites is 1. The van der Waals surface area contributed by atoms with Gasteiger partial charge in [0.2, 0.25) is 0 Å². The quantitative estimate of drug-likeness (QED) is 0.162. The number of aryl methyl sites for hydroxylation is 2. The van der Waals surface area contributed by atoms with Gasteiger partial charge in [-0.3, -0.25) is 9.55 Å². The molecule has 0 saturated heterocycles. The molecule has 71 heavy (non-hydrogen) atoms. The molecular formula is C66H68N3OPt-. The van der Waals surface area contributed by atoms with Crippen LogP contribution in [-0.4, -0.2) is 19.6 Å². The molecule has 364 valence electrons. The number of hydrogen-bond acceptors (Lipinski definition) is 3. The molecule has 0 unspecified atom stereocenters. The minimum Gasteiger partial charge on any atom is -0.507 e. The third kappa shape index (κ3) is 10.2. The fraction of sp³-hybridized carbons (Fsp3) is 0.273. The Hall–Kier alpha value is -6.35. The summed E-state index contributed by atoms with van der Waals surface area (Å²) >= 11 is 0. The predicted molar refractivity (Wildman–Crippen MR) is 296 cm³/mol. The largest absolute Gasteiger partial charge is 0.507 e. The van der Waals surface area contributed by atoms with Crippen molar-refractivity contribution in [2.75, 3.05) is 0 Å². The Morgan fingerprint density at radius 2 is 1.14 bits per heavy atom. The Balaban J connectivity index is 0.00000784. The van der Waals surface area contributed by atoms with E-state index in [9.17, 15) is 5.11 Å². The van der Waals surface area contributed by atoms with Crippen LogP contribution in [-0.2, 0) is 42.7 Å². The van der Waals surface area contributed by atoms with E-state index in [1.54, 1.807) is 18.3 Å². The summed E-state index contributed by atoms with van der Waals surface area (Å²) < 4.78 is 53.2. The number of rotatable bonds is 7. The van der Waals surface area contributed by atoms with E-state index in [0.717, 1.165) is 66.8 Å². The summed E-state index contributed by atoms with van der Waals surface area (Å²) in [4.78, 5) is 10.5. The summed E-state index contributed by atoms with van der Waals surface area (Å²) in [6.07, 6.45) is 1.77. The summed E-state index contributed by atoms with van der Waals surface area (Å²) in [6.45, 7) is 21.1. The molecule has 0 fully saturated rings. The number of fused-ring (bicyclic) bond motifs is 1. The molecule has 4 nitrogen and oxygen atoms in total. The first-order valence-electron chi connectivity index (χ1n) is 27.3. The molecule has 1 N–H and O–H groups in total. The molecule has 2 aromatic heterocycles. The van der Waals surface area contributed by atoms with Gasteiger partial charge in [-0.1, -0.05) is 203 Å². The van der Waals surface area contributed by atoms with Gasteiger partial charge >= 0.3 is 0 Å². The fourth-order valence-electron chi connectivity index (χ4n) is 9.27. The summed E-state index contributed by atoms with van der Waals surface area (Å²) in [5.74, 6) is 0.563. The van der Waals surface area contributed by atoms with Crippen LogP contribution in [0.3, 0.4) is 0 Å². The van der Waals surface area contributed by atoms with Crippen molar-refractivity contribution in [1.82, 2.24) is 14.5 Å². The fourth-order valence-corrected chi connectivity index (χ4v) is 9.27. The van der Waals surface area contributed by atoms with Crippen molar-refractivity contribution in [1.29, 1.82) is 0 Å². The number of phenolic OH excluding ortho intramolecular Hbond substituents is 1. The zero-order chi connectivity index (χ0) is 55.1. The van der Waals surface area contributed by atoms with E-state index in [1.165, 1.54) is 0 Å². The molecular weight excluding hydrogens is 1050 g/mol. The maximum Gasteiger partial charge on any atom is 0.148 e. The first-order valence-corrected chi connectivity index (χ1v) is 24.3. The number of nitrogens with zero attached hydrogens (tertiary/aromatic N) is 3. The van der Waals surface area contributed by atoms with Crippen LogP contribution >= 0.6 is 0 Å². The Morgan fingerprint density at radius 3 is 1.77 bits per heavy atom. The second-order valence-electron chi connectivity index (χ2n) is 22.9. The Bertz CT molecular complexity index is 3640. The average Bonchev–Trinajstić information content (AvgIpc) is 3.85. The maximum atomic E-state index is 12.8. The SMILES string of the molecule is [2H]C([2H])([2H])c1ccc(-c2ccnc(-c3[c-]c(-c4cccc5c4nc(-c4cc(C(C)(C)C)cc(C(C)(C)C)c4O)n5-c4cc(C([2H])([2H])[2H])c(-c5ccc(C(C)(C)C)cc5)cc4-c4ccccc4)cc(C(C)(C)C)c3)c2)cc1.[Pt]. The van der Waals surface area contributed by atoms with Crippen LogP contribution in [0.25, 0.3) is 83.9 Å². The van der Waals surface area contributed by atoms with Gasteiger partial charge in [0.1, 0.15) is 11.6 Å². The molecule has 0 spiro atoms. The van der Waals surface area contributed by atoms with Crippen LogP contribution in [0.5, 0.6) is 5.75 Å². The van der Waals surface area contributed by atoms with Crippen LogP contribution in [0.1, 0.15) is 125 Å². The van der Waals surface area contributed by atoms with Crippen molar-refractivity contribution in [3.63, 3.8) is 0 Å². The second-order valence-corrected chi connectivity index (χ2v) is 22.9. The minimum atomic E-state index is -2.53. The van der Waals surface area contributed by atoms with Crippen molar-refractivity contribution < 1.29 is 34.4 Å². The predicted octanol–water partition coefficient (Wildman–Crippen LogP) is 17.7. The standard InChI is InChI=1S/C66H68N3O.Pt/c1-41-23-25-43(26-24-41)46-31-32-67-57(37-46)48-34-47(35-50(36-48)64(6,7)8)52-21-18-22-58-60(52)68-62(55-38-51(65(9,10)11)39-56(61(55)70)66(12,13)14)69(58)59-33-42(2)53(40-54(59)44-19-16-15-17-20-44)45-27-29-49(30-28-45)63(3,4)5;/h15-33,35-40,70H,1-14H3;/q-1;/i1D3,2D3;. The molecule has 7 aromatic carbocycles. The van der Waals surface area contributed by atoms with E-state index in [1.807, 2.05) is 108 Å². The van der Waals surface area contributed by atoms with Crippen molar-refractivity contribution >= 4 is 11.0 Å². The topological polar surface area (TPSA) is 50.9 Å². The van der Waals surface area contributed by atoms with Crippen LogP contribution < -0.4 is 0 Å². The zero-order valence-corrected chi connectivity index (χ0v) is 45.3.